The lowest BCUT2D eigenvalue weighted by atomic mass is 9.80. The van der Waals surface area contributed by atoms with E-state index < -0.39 is 11.6 Å². The first-order chi connectivity index (χ1) is 16.4. The SMILES string of the molecule is CCc1cc(NC(=O)C[N+]23CCC(CC2)[C@@H](OC(=O)C(O)(c2ccsc2)C2CCCC2)C3)no1. The number of anilines is 1. The van der Waals surface area contributed by atoms with Crippen molar-refractivity contribution in [3.05, 3.63) is 34.2 Å². The van der Waals surface area contributed by atoms with Gasteiger partial charge in [0.25, 0.3) is 5.91 Å². The number of aromatic nitrogens is 1. The normalized spacial score (nSPS) is 28.5. The second kappa shape index (κ2) is 9.43. The molecular formula is C25H34N3O5S+. The number of carbonyl (C=O) groups excluding carboxylic acids is 2. The van der Waals surface area contributed by atoms with Crippen LogP contribution in [-0.2, 0) is 26.3 Å². The number of aryl methyl sites for hydroxylation is 1. The molecule has 6 rings (SSSR count). The molecule has 2 bridgehead atoms. The lowest BCUT2D eigenvalue weighted by Crippen LogP contribution is -2.66. The fourth-order valence-electron chi connectivity index (χ4n) is 6.17. The summed E-state index contributed by atoms with van der Waals surface area (Å²) in [6, 6.07) is 3.59. The molecule has 1 unspecified atom stereocenters. The van der Waals surface area contributed by atoms with Crippen LogP contribution < -0.4 is 5.32 Å². The van der Waals surface area contributed by atoms with Gasteiger partial charge in [0.05, 0.1) is 13.1 Å². The highest BCUT2D eigenvalue weighted by Crippen LogP contribution is 2.44. The van der Waals surface area contributed by atoms with Crippen LogP contribution in [0.4, 0.5) is 5.82 Å². The molecule has 2 atom stereocenters. The van der Waals surface area contributed by atoms with Gasteiger partial charge in [0, 0.05) is 42.7 Å². The van der Waals surface area contributed by atoms with Gasteiger partial charge < -0.3 is 24.2 Å². The number of carbonyl (C=O) groups is 2. The van der Waals surface area contributed by atoms with Crippen LogP contribution in [0.25, 0.3) is 0 Å². The number of hydrogen-bond acceptors (Lipinski definition) is 7. The molecule has 9 heteroatoms. The number of fused-ring (bicyclic) bond motifs is 3. The molecule has 0 radical (unpaired) electrons. The summed E-state index contributed by atoms with van der Waals surface area (Å²) in [5, 5.41) is 22.2. The van der Waals surface area contributed by atoms with Gasteiger partial charge in [-0.2, -0.15) is 11.3 Å². The van der Waals surface area contributed by atoms with E-state index in [0.29, 0.717) is 29.0 Å². The van der Waals surface area contributed by atoms with Gasteiger partial charge in [-0.1, -0.05) is 24.9 Å². The van der Waals surface area contributed by atoms with Crippen molar-refractivity contribution in [2.75, 3.05) is 31.5 Å². The highest BCUT2D eigenvalue weighted by atomic mass is 32.1. The standard InChI is InChI=1S/C25H33N3O5S/c1-2-20-13-22(27-33-20)26-23(29)15-28-10-7-17(8-11-28)21(14-28)32-24(30)25(31,18-5-3-4-6-18)19-9-12-34-16-19/h9,12-13,16-18,21,31H,2-8,10-11,14-15H2,1H3/p+1/t17?,21-,25?,28?/m0/s1. The number of esters is 1. The number of hydrogen-bond donors (Lipinski definition) is 2. The van der Waals surface area contributed by atoms with Crippen molar-refractivity contribution in [2.45, 2.75) is 63.6 Å². The van der Waals surface area contributed by atoms with Crippen LogP contribution in [0, 0.1) is 11.8 Å². The molecule has 2 aromatic heterocycles. The Kier molecular flexibility index (Phi) is 6.52. The third-order valence-electron chi connectivity index (χ3n) is 8.17. The van der Waals surface area contributed by atoms with Crippen molar-refractivity contribution < 1.29 is 28.4 Å². The van der Waals surface area contributed by atoms with Crippen molar-refractivity contribution in [1.82, 2.24) is 5.16 Å². The summed E-state index contributed by atoms with van der Waals surface area (Å²) >= 11 is 1.48. The van der Waals surface area contributed by atoms with Crippen molar-refractivity contribution >= 4 is 29.0 Å². The summed E-state index contributed by atoms with van der Waals surface area (Å²) in [5.41, 5.74) is -0.938. The molecule has 5 heterocycles. The monoisotopic (exact) mass is 488 g/mol. The Bertz CT molecular complexity index is 1010. The minimum absolute atomic E-state index is 0.109. The molecule has 1 aliphatic carbocycles. The van der Waals surface area contributed by atoms with E-state index in [1.54, 1.807) is 6.07 Å². The number of ether oxygens (including phenoxy) is 1. The summed E-state index contributed by atoms with van der Waals surface area (Å²) < 4.78 is 11.9. The Labute approximate surface area is 203 Å². The van der Waals surface area contributed by atoms with E-state index in [4.69, 9.17) is 9.26 Å². The summed E-state index contributed by atoms with van der Waals surface area (Å²) in [4.78, 5) is 26.3. The average molecular weight is 489 g/mol. The van der Waals surface area contributed by atoms with Crippen molar-refractivity contribution in [3.8, 4) is 0 Å². The fraction of sp³-hybridized carbons (Fsp3) is 0.640. The van der Waals surface area contributed by atoms with Crippen LogP contribution in [0.15, 0.2) is 27.4 Å². The number of amides is 1. The van der Waals surface area contributed by atoms with E-state index in [1.807, 2.05) is 23.8 Å². The van der Waals surface area contributed by atoms with Crippen molar-refractivity contribution in [2.24, 2.45) is 11.8 Å². The van der Waals surface area contributed by atoms with Crippen LogP contribution in [0.3, 0.4) is 0 Å². The summed E-state index contributed by atoms with van der Waals surface area (Å²) in [6.45, 7) is 4.67. The Balaban J connectivity index is 1.27. The first-order valence-electron chi connectivity index (χ1n) is 12.5. The van der Waals surface area contributed by atoms with Crippen molar-refractivity contribution in [1.29, 1.82) is 0 Å². The maximum atomic E-state index is 13.5. The molecule has 0 aromatic carbocycles. The van der Waals surface area contributed by atoms with E-state index >= 15 is 0 Å². The van der Waals surface area contributed by atoms with E-state index in [1.165, 1.54) is 11.3 Å². The van der Waals surface area contributed by atoms with Gasteiger partial charge >= 0.3 is 5.97 Å². The smallest absolute Gasteiger partial charge is 0.343 e. The molecule has 4 fully saturated rings. The zero-order chi connectivity index (χ0) is 23.8. The van der Waals surface area contributed by atoms with Gasteiger partial charge in [-0.05, 0) is 29.7 Å². The summed E-state index contributed by atoms with van der Waals surface area (Å²) in [6.07, 6.45) is 5.97. The number of aliphatic hydroxyl groups is 1. The first kappa shape index (κ1) is 23.5. The number of nitrogens with zero attached hydrogens (tertiary/aromatic N) is 2. The molecule has 1 amide bonds. The maximum absolute atomic E-state index is 13.5. The molecule has 0 spiro atoms. The average Bonchev–Trinajstić information content (AvgIpc) is 3.62. The molecular weight excluding hydrogens is 454 g/mol. The number of thiophene rings is 1. The highest BCUT2D eigenvalue weighted by molar-refractivity contribution is 7.08. The summed E-state index contributed by atoms with van der Waals surface area (Å²) in [7, 11) is 0. The Morgan fingerprint density at radius 2 is 2.06 bits per heavy atom. The Morgan fingerprint density at radius 3 is 2.71 bits per heavy atom. The number of piperidine rings is 3. The number of nitrogens with one attached hydrogen (secondary N) is 1. The Hall–Kier alpha value is -2.23. The fourth-order valence-corrected chi connectivity index (χ4v) is 6.88. The molecule has 34 heavy (non-hydrogen) atoms. The second-order valence-corrected chi connectivity index (χ2v) is 11.0. The topological polar surface area (TPSA) is 102 Å². The van der Waals surface area contributed by atoms with Crippen LogP contribution in [0.1, 0.15) is 56.8 Å². The zero-order valence-electron chi connectivity index (χ0n) is 19.7. The lowest BCUT2D eigenvalue weighted by molar-refractivity contribution is -0.939. The largest absolute Gasteiger partial charge is 0.454 e. The molecule has 184 valence electrons. The molecule has 8 nitrogen and oxygen atoms in total. The van der Waals surface area contributed by atoms with Gasteiger partial charge in [-0.15, -0.1) is 0 Å². The van der Waals surface area contributed by atoms with Gasteiger partial charge in [0.15, 0.2) is 24.1 Å². The van der Waals surface area contributed by atoms with E-state index in [-0.39, 0.29) is 23.8 Å². The minimum Gasteiger partial charge on any atom is -0.454 e. The third-order valence-corrected chi connectivity index (χ3v) is 8.86. The molecule has 2 aromatic rings. The van der Waals surface area contributed by atoms with Crippen LogP contribution in [-0.4, -0.2) is 58.9 Å². The third kappa shape index (κ3) is 4.41. The van der Waals surface area contributed by atoms with Gasteiger partial charge in [0.1, 0.15) is 12.3 Å². The molecule has 2 N–H and O–H groups in total. The lowest BCUT2D eigenvalue weighted by Gasteiger charge is -2.51. The van der Waals surface area contributed by atoms with E-state index in [9.17, 15) is 14.7 Å². The van der Waals surface area contributed by atoms with Crippen molar-refractivity contribution in [3.63, 3.8) is 0 Å². The highest BCUT2D eigenvalue weighted by Gasteiger charge is 2.53. The van der Waals surface area contributed by atoms with Gasteiger partial charge in [-0.3, -0.25) is 4.79 Å². The van der Waals surface area contributed by atoms with E-state index in [0.717, 1.165) is 63.8 Å². The number of rotatable bonds is 8. The van der Waals surface area contributed by atoms with Gasteiger partial charge in [0.2, 0.25) is 0 Å². The molecule has 3 aliphatic heterocycles. The van der Waals surface area contributed by atoms with Crippen LogP contribution >= 0.6 is 11.3 Å². The van der Waals surface area contributed by atoms with E-state index in [2.05, 4.69) is 10.5 Å². The molecule has 4 aliphatic rings. The Morgan fingerprint density at radius 1 is 1.29 bits per heavy atom. The minimum atomic E-state index is -1.59. The summed E-state index contributed by atoms with van der Waals surface area (Å²) in [5.74, 6) is 0.710. The second-order valence-electron chi connectivity index (χ2n) is 10.3. The first-order valence-corrected chi connectivity index (χ1v) is 13.4. The number of quaternary nitrogens is 1. The quantitative estimate of drug-likeness (QED) is 0.436. The molecule has 3 saturated heterocycles. The zero-order valence-corrected chi connectivity index (χ0v) is 20.5. The van der Waals surface area contributed by atoms with Crippen LogP contribution in [0.5, 0.6) is 0 Å². The maximum Gasteiger partial charge on any atom is 0.343 e. The predicted octanol–water partition coefficient (Wildman–Crippen LogP) is 3.47. The van der Waals surface area contributed by atoms with Gasteiger partial charge in [-0.25, -0.2) is 4.79 Å². The van der Waals surface area contributed by atoms with Crippen LogP contribution in [0.2, 0.25) is 0 Å². The predicted molar refractivity (Wildman–Crippen MR) is 127 cm³/mol. The molecule has 1 saturated carbocycles.